The van der Waals surface area contributed by atoms with E-state index >= 15 is 0 Å². The van der Waals surface area contributed by atoms with E-state index in [0.29, 0.717) is 47.6 Å². The third-order valence-electron chi connectivity index (χ3n) is 16.0. The Bertz CT molecular complexity index is 2930. The normalized spacial score (nSPS) is 21.3. The first-order valence-corrected chi connectivity index (χ1v) is 28.9. The third-order valence-corrected chi connectivity index (χ3v) is 16.0. The Kier molecular flexibility index (Phi) is 22.8. The fourth-order valence-electron chi connectivity index (χ4n) is 11.4. The number of likely N-dealkylation sites (N-methyl/N-ethyl adjacent to an activating group) is 4. The van der Waals surface area contributed by atoms with E-state index in [4.69, 9.17) is 14.2 Å². The Hall–Kier alpha value is -7.89. The number of hydrogen-bond acceptors (Lipinski definition) is 15. The zero-order chi connectivity index (χ0) is 62.7. The van der Waals surface area contributed by atoms with Crippen molar-refractivity contribution in [3.8, 4) is 17.2 Å². The van der Waals surface area contributed by atoms with Crippen molar-refractivity contribution in [3.05, 3.63) is 95.2 Å². The molecule has 0 spiro atoms. The molecule has 0 aliphatic carbocycles. The largest absolute Gasteiger partial charge is 0.493 e. The van der Waals surface area contributed by atoms with Gasteiger partial charge in [0.05, 0.1) is 25.3 Å². The molecule has 0 aromatic heterocycles. The number of amides is 7. The maximum absolute atomic E-state index is 14.9. The van der Waals surface area contributed by atoms with E-state index < -0.39 is 138 Å². The lowest BCUT2D eigenvalue weighted by atomic mass is 9.96. The molecule has 10 atom stereocenters. The molecule has 3 aromatic carbocycles. The molecule has 4 bridgehead atoms. The van der Waals surface area contributed by atoms with E-state index in [9.17, 15) is 53.4 Å². The number of carboxylic acid groups (broad SMARTS) is 1. The van der Waals surface area contributed by atoms with Gasteiger partial charge in [0.2, 0.25) is 41.4 Å². The monoisotopic (exact) mass is 1180 g/mol. The maximum Gasteiger partial charge on any atom is 0.355 e. The van der Waals surface area contributed by atoms with E-state index in [1.807, 2.05) is 0 Å². The molecule has 85 heavy (non-hydrogen) atoms. The van der Waals surface area contributed by atoms with Gasteiger partial charge in [0.25, 0.3) is 0 Å². The first kappa shape index (κ1) is 66.3. The van der Waals surface area contributed by atoms with E-state index in [1.165, 1.54) is 56.0 Å². The summed E-state index contributed by atoms with van der Waals surface area (Å²) >= 11 is 0. The molecule has 4 aliphatic heterocycles. The van der Waals surface area contributed by atoms with Crippen LogP contribution in [0.4, 0.5) is 0 Å². The van der Waals surface area contributed by atoms with E-state index in [2.05, 4.69) is 21.3 Å². The predicted octanol–water partition coefficient (Wildman–Crippen LogP) is 3.86. The summed E-state index contributed by atoms with van der Waals surface area (Å²) in [7, 11) is 8.82. The van der Waals surface area contributed by atoms with Crippen LogP contribution in [0.2, 0.25) is 0 Å². The van der Waals surface area contributed by atoms with Crippen LogP contribution in [-0.2, 0) is 47.9 Å². The number of carbonyl (C=O) groups is 9. The summed E-state index contributed by atoms with van der Waals surface area (Å²) in [5, 5.41) is 33.7. The number of likely N-dealkylation sites (tertiary alicyclic amines) is 1. The maximum atomic E-state index is 14.9. The molecule has 4 heterocycles. The quantitative estimate of drug-likeness (QED) is 0.0930. The third kappa shape index (κ3) is 15.9. The number of carbonyl (C=O) groups excluding carboxylic acids is 8. The van der Waals surface area contributed by atoms with Gasteiger partial charge in [-0.2, -0.15) is 0 Å². The molecular formula is C62H85N9O14. The highest BCUT2D eigenvalue weighted by molar-refractivity contribution is 6.01. The van der Waals surface area contributed by atoms with Crippen LogP contribution in [0.3, 0.4) is 0 Å². The van der Waals surface area contributed by atoms with Gasteiger partial charge in [-0.25, -0.2) is 9.59 Å². The van der Waals surface area contributed by atoms with Gasteiger partial charge in [0.15, 0.2) is 11.5 Å². The van der Waals surface area contributed by atoms with Crippen LogP contribution in [0.25, 0.3) is 6.08 Å². The Morgan fingerprint density at radius 3 is 2.06 bits per heavy atom. The molecule has 10 unspecified atom stereocenters. The van der Waals surface area contributed by atoms with Crippen LogP contribution in [0.1, 0.15) is 109 Å². The zero-order valence-corrected chi connectivity index (χ0v) is 51.0. The number of hydrogen-bond donors (Lipinski definition) is 6. The minimum Gasteiger partial charge on any atom is -0.493 e. The van der Waals surface area contributed by atoms with Crippen molar-refractivity contribution in [2.24, 2.45) is 17.8 Å². The Morgan fingerprint density at radius 1 is 0.812 bits per heavy atom. The van der Waals surface area contributed by atoms with E-state index in [0.717, 1.165) is 16.2 Å². The van der Waals surface area contributed by atoms with Gasteiger partial charge in [0.1, 0.15) is 53.8 Å². The number of aliphatic hydroxyl groups excluding tert-OH is 1. The number of aliphatic carboxylic acids is 1. The second-order valence-corrected chi connectivity index (χ2v) is 23.4. The van der Waals surface area contributed by atoms with Crippen LogP contribution < -0.4 is 30.7 Å². The Balaban J connectivity index is 1.28. The second kappa shape index (κ2) is 29.3. The molecule has 23 heteroatoms. The fraction of sp³-hybridized carbons (Fsp3) is 0.532. The standard InChI is InChI=1S/C62H85N9O14/c1-34(2)49(56(75)66-50(39-19-15-14-16-20-39)59(78)71-30-18-22-44(71)58(77)70(12)52(36(5)6)61(80)81)65-57(76)53(67(8)9)37(7)84-62(82)45-31-38-23-26-41(27-24-38)85-47-32-40(25-28-46(47)83-13)54(73)43(64-55(74)42-21-17-29-63-42)33-48(72)69(11)51(35(3)4)60(79)68(45)10/h14-16,19-20,23-28,31-32,34-37,42-44,49-54,63,73H,17-18,21-22,29-30,33H2,1-13H3,(H,64,74)(H,65,76)(H,66,75)(H,80,81). The van der Waals surface area contributed by atoms with E-state index in [1.54, 1.807) is 128 Å². The SMILES string of the molecule is COc1ccc2cc1Oc1ccc(cc1)C=C(C(=O)OC(C)C(C(=O)NC(C(=O)NC(C(=O)N1CCCC1C(=O)N(C)C(C(=O)O)C(C)C)c1ccccc1)C(C)C)N(C)C)N(C)C(=O)C(C(C)C)N(C)C(=O)CC(NC(=O)C1CCCN1)C2O. The molecule has 7 amide bonds. The number of carboxylic acids is 1. The lowest BCUT2D eigenvalue weighted by Gasteiger charge is -2.36. The second-order valence-electron chi connectivity index (χ2n) is 23.4. The first-order chi connectivity index (χ1) is 40.2. The number of esters is 1. The molecule has 0 saturated carbocycles. The van der Waals surface area contributed by atoms with Gasteiger partial charge < -0.3 is 65.3 Å². The highest BCUT2D eigenvalue weighted by Crippen LogP contribution is 2.36. The van der Waals surface area contributed by atoms with Gasteiger partial charge in [-0.15, -0.1) is 0 Å². The average Bonchev–Trinajstić information content (AvgIpc) is 3.26. The van der Waals surface area contributed by atoms with Crippen molar-refractivity contribution in [3.63, 3.8) is 0 Å². The van der Waals surface area contributed by atoms with Crippen molar-refractivity contribution in [2.45, 2.75) is 141 Å². The van der Waals surface area contributed by atoms with Gasteiger partial charge in [-0.1, -0.05) is 90.1 Å². The summed E-state index contributed by atoms with van der Waals surface area (Å²) in [6, 6.07) is 10.8. The van der Waals surface area contributed by atoms with Crippen LogP contribution >= 0.6 is 0 Å². The predicted molar refractivity (Wildman–Crippen MR) is 315 cm³/mol. The van der Waals surface area contributed by atoms with Gasteiger partial charge in [0, 0.05) is 34.1 Å². The summed E-state index contributed by atoms with van der Waals surface area (Å²) < 4.78 is 18.0. The number of aliphatic hydroxyl groups is 1. The first-order valence-electron chi connectivity index (χ1n) is 28.9. The fourth-order valence-corrected chi connectivity index (χ4v) is 11.4. The topological polar surface area (TPSA) is 286 Å². The number of ether oxygens (including phenoxy) is 3. The molecule has 3 aromatic rings. The lowest BCUT2D eigenvalue weighted by Crippen LogP contribution is -2.59. The van der Waals surface area contributed by atoms with Crippen molar-refractivity contribution in [1.82, 2.24) is 45.8 Å². The molecular weight excluding hydrogens is 1090 g/mol. The zero-order valence-electron chi connectivity index (χ0n) is 51.0. The molecule has 4 aliphatic rings. The number of fused-ring (bicyclic) bond motifs is 10. The molecule has 0 radical (unpaired) electrons. The summed E-state index contributed by atoms with van der Waals surface area (Å²) in [6.07, 6.45) is 0.338. The summed E-state index contributed by atoms with van der Waals surface area (Å²) in [4.78, 5) is 134. The number of nitrogens with zero attached hydrogens (tertiary/aromatic N) is 5. The van der Waals surface area contributed by atoms with Crippen molar-refractivity contribution < 1.29 is 67.6 Å². The lowest BCUT2D eigenvalue weighted by molar-refractivity contribution is -0.154. The summed E-state index contributed by atoms with van der Waals surface area (Å²) in [5.41, 5.74) is 0.859. The minimum absolute atomic E-state index is 0.169. The van der Waals surface area contributed by atoms with Gasteiger partial charge in [-0.3, -0.25) is 38.5 Å². The van der Waals surface area contributed by atoms with Crippen molar-refractivity contribution in [2.75, 3.05) is 55.4 Å². The summed E-state index contributed by atoms with van der Waals surface area (Å²) in [5.74, 6) is -7.18. The summed E-state index contributed by atoms with van der Waals surface area (Å²) in [6.45, 7) is 12.5. The van der Waals surface area contributed by atoms with Crippen LogP contribution in [0, 0.1) is 17.8 Å². The molecule has 462 valence electrons. The Morgan fingerprint density at radius 2 is 1.48 bits per heavy atom. The van der Waals surface area contributed by atoms with Crippen molar-refractivity contribution in [1.29, 1.82) is 0 Å². The molecule has 23 nitrogen and oxygen atoms in total. The Labute approximate surface area is 497 Å². The number of methoxy groups -OCH3 is 1. The van der Waals surface area contributed by atoms with Crippen LogP contribution in [-0.4, -0.2) is 192 Å². The van der Waals surface area contributed by atoms with Crippen molar-refractivity contribution >= 4 is 59.4 Å². The van der Waals surface area contributed by atoms with Crippen LogP contribution in [0.5, 0.6) is 17.2 Å². The minimum atomic E-state index is -1.43. The molecule has 2 fully saturated rings. The number of nitrogens with one attached hydrogen (secondary N) is 4. The van der Waals surface area contributed by atoms with Gasteiger partial charge in [-0.05, 0) is 118 Å². The van der Waals surface area contributed by atoms with Gasteiger partial charge >= 0.3 is 11.9 Å². The molecule has 6 N–H and O–H groups in total. The number of rotatable bonds is 19. The average molecular weight is 1180 g/mol. The molecule has 7 rings (SSSR count). The smallest absolute Gasteiger partial charge is 0.355 e. The number of benzene rings is 3. The molecule has 2 saturated heterocycles. The van der Waals surface area contributed by atoms with E-state index in [-0.39, 0.29) is 24.4 Å². The highest BCUT2D eigenvalue weighted by atomic mass is 16.5. The highest BCUT2D eigenvalue weighted by Gasteiger charge is 2.44. The van der Waals surface area contributed by atoms with Crippen LogP contribution in [0.15, 0.2) is 78.5 Å².